The Labute approximate surface area is 127 Å². The predicted octanol–water partition coefficient (Wildman–Crippen LogP) is 4.68. The predicted molar refractivity (Wildman–Crippen MR) is 82.9 cm³/mol. The topological polar surface area (TPSA) is 30.2 Å². The van der Waals surface area contributed by atoms with Gasteiger partial charge in [-0.3, -0.25) is 4.79 Å². The van der Waals surface area contributed by atoms with Crippen molar-refractivity contribution in [3.8, 4) is 0 Å². The number of fused-ring (bicyclic) bond motifs is 2. The van der Waals surface area contributed by atoms with E-state index in [1.807, 2.05) is 18.2 Å². The van der Waals surface area contributed by atoms with Crippen molar-refractivity contribution < 1.29 is 9.21 Å². The molecule has 0 saturated carbocycles. The first-order valence-electron chi connectivity index (χ1n) is 7.01. The minimum atomic E-state index is -0.0153. The molecule has 1 heterocycles. The van der Waals surface area contributed by atoms with Crippen molar-refractivity contribution in [3.05, 3.63) is 70.4 Å². The fraction of sp³-hybridized carbons (Fsp3) is 0.167. The van der Waals surface area contributed by atoms with Gasteiger partial charge in [-0.25, -0.2) is 0 Å². The number of carbonyl (C=O) groups is 1. The van der Waals surface area contributed by atoms with Crippen LogP contribution >= 0.6 is 11.6 Å². The van der Waals surface area contributed by atoms with Crippen molar-refractivity contribution in [1.82, 2.24) is 0 Å². The molecule has 3 aromatic rings. The van der Waals surface area contributed by atoms with Crippen LogP contribution in [0, 0.1) is 5.92 Å². The van der Waals surface area contributed by atoms with Crippen LogP contribution in [0.5, 0.6) is 0 Å². The third-order valence-corrected chi connectivity index (χ3v) is 4.38. The molecule has 0 aliphatic heterocycles. The third-order valence-electron chi connectivity index (χ3n) is 4.14. The Morgan fingerprint density at radius 1 is 1.05 bits per heavy atom. The number of halogens is 1. The summed E-state index contributed by atoms with van der Waals surface area (Å²) >= 11 is 5.97. The molecule has 0 spiro atoms. The van der Waals surface area contributed by atoms with Crippen molar-refractivity contribution in [2.45, 2.75) is 12.8 Å². The Hall–Kier alpha value is -2.06. The highest BCUT2D eigenvalue weighted by Crippen LogP contribution is 2.31. The minimum Gasteiger partial charge on any atom is -0.453 e. The summed E-state index contributed by atoms with van der Waals surface area (Å²) in [7, 11) is 0. The van der Waals surface area contributed by atoms with Gasteiger partial charge in [0.05, 0.1) is 0 Å². The molecule has 104 valence electrons. The summed E-state index contributed by atoms with van der Waals surface area (Å²) in [4.78, 5) is 12.6. The number of carbonyl (C=O) groups excluding carboxylic acids is 1. The van der Waals surface area contributed by atoms with E-state index in [9.17, 15) is 4.79 Å². The second-order valence-electron chi connectivity index (χ2n) is 5.53. The number of ketones is 1. The monoisotopic (exact) mass is 296 g/mol. The molecular weight excluding hydrogens is 284 g/mol. The lowest BCUT2D eigenvalue weighted by molar-refractivity contribution is 0.0898. The quantitative estimate of drug-likeness (QED) is 0.643. The normalized spacial score (nSPS) is 14.5. The smallest absolute Gasteiger partial charge is 0.201 e. The van der Waals surface area contributed by atoms with Gasteiger partial charge < -0.3 is 4.42 Å². The van der Waals surface area contributed by atoms with Gasteiger partial charge in [-0.15, -0.1) is 0 Å². The maximum absolute atomic E-state index is 12.6. The van der Waals surface area contributed by atoms with Gasteiger partial charge in [-0.2, -0.15) is 0 Å². The van der Waals surface area contributed by atoms with Crippen LogP contribution in [0.25, 0.3) is 11.0 Å². The van der Waals surface area contributed by atoms with E-state index >= 15 is 0 Å². The molecule has 0 radical (unpaired) electrons. The Balaban J connectivity index is 1.65. The van der Waals surface area contributed by atoms with E-state index < -0.39 is 0 Å². The van der Waals surface area contributed by atoms with E-state index in [0.717, 1.165) is 18.2 Å². The molecule has 3 heteroatoms. The van der Waals surface area contributed by atoms with E-state index in [4.69, 9.17) is 16.0 Å². The Morgan fingerprint density at radius 3 is 2.48 bits per heavy atom. The van der Waals surface area contributed by atoms with E-state index in [2.05, 4.69) is 12.1 Å². The van der Waals surface area contributed by atoms with Crippen LogP contribution in [0.3, 0.4) is 0 Å². The fourth-order valence-electron chi connectivity index (χ4n) is 3.08. The molecule has 0 fully saturated rings. The summed E-state index contributed by atoms with van der Waals surface area (Å²) < 4.78 is 5.69. The van der Waals surface area contributed by atoms with Crippen LogP contribution in [0.15, 0.2) is 52.9 Å². The standard InChI is InChI=1S/C18H13ClO2/c19-15-5-6-16-13(9-15)10-17(21-16)18(20)14-7-11-3-1-2-4-12(11)8-14/h1-6,9-10,14H,7-8H2. The first kappa shape index (κ1) is 12.7. The summed E-state index contributed by atoms with van der Waals surface area (Å²) in [6.45, 7) is 0. The van der Waals surface area contributed by atoms with Crippen molar-refractivity contribution in [2.24, 2.45) is 5.92 Å². The number of hydrogen-bond donors (Lipinski definition) is 0. The van der Waals surface area contributed by atoms with Crippen molar-refractivity contribution in [1.29, 1.82) is 0 Å². The van der Waals surface area contributed by atoms with Gasteiger partial charge in [-0.1, -0.05) is 35.9 Å². The highest BCUT2D eigenvalue weighted by Gasteiger charge is 2.29. The van der Waals surface area contributed by atoms with Crippen LogP contribution in [0.1, 0.15) is 21.7 Å². The van der Waals surface area contributed by atoms with Gasteiger partial charge in [-0.05, 0) is 48.2 Å². The Bertz CT molecular complexity index is 822. The number of furan rings is 1. The highest BCUT2D eigenvalue weighted by molar-refractivity contribution is 6.31. The van der Waals surface area contributed by atoms with Crippen LogP contribution in [-0.2, 0) is 12.8 Å². The van der Waals surface area contributed by atoms with Crippen LogP contribution < -0.4 is 0 Å². The van der Waals surface area contributed by atoms with Crippen molar-refractivity contribution >= 4 is 28.4 Å². The molecule has 1 aliphatic rings. The maximum atomic E-state index is 12.6. The second-order valence-corrected chi connectivity index (χ2v) is 5.97. The van der Waals surface area contributed by atoms with Gasteiger partial charge >= 0.3 is 0 Å². The highest BCUT2D eigenvalue weighted by atomic mass is 35.5. The Morgan fingerprint density at radius 2 is 1.76 bits per heavy atom. The van der Waals surface area contributed by atoms with E-state index in [1.54, 1.807) is 18.2 Å². The van der Waals surface area contributed by atoms with Gasteiger partial charge in [0.1, 0.15) is 5.58 Å². The molecule has 1 aromatic heterocycles. The van der Waals surface area contributed by atoms with E-state index in [1.165, 1.54) is 11.1 Å². The molecule has 1 aliphatic carbocycles. The average molecular weight is 297 g/mol. The molecule has 0 amide bonds. The average Bonchev–Trinajstić information content (AvgIpc) is 3.09. The van der Waals surface area contributed by atoms with Crippen LogP contribution in [-0.4, -0.2) is 5.78 Å². The lowest BCUT2D eigenvalue weighted by atomic mass is 9.99. The summed E-state index contributed by atoms with van der Waals surface area (Å²) in [6, 6.07) is 15.4. The largest absolute Gasteiger partial charge is 0.453 e. The molecule has 0 bridgehead atoms. The first-order chi connectivity index (χ1) is 10.2. The van der Waals surface area contributed by atoms with Gasteiger partial charge in [0.15, 0.2) is 5.76 Å². The molecule has 0 unspecified atom stereocenters. The van der Waals surface area contributed by atoms with E-state index in [-0.39, 0.29) is 11.7 Å². The van der Waals surface area contributed by atoms with Gasteiger partial charge in [0.25, 0.3) is 0 Å². The van der Waals surface area contributed by atoms with Gasteiger partial charge in [0.2, 0.25) is 5.78 Å². The molecule has 4 rings (SSSR count). The molecule has 2 nitrogen and oxygen atoms in total. The number of benzene rings is 2. The fourth-order valence-corrected chi connectivity index (χ4v) is 3.26. The summed E-state index contributed by atoms with van der Waals surface area (Å²) in [5.41, 5.74) is 3.25. The minimum absolute atomic E-state index is 0.0153. The molecule has 21 heavy (non-hydrogen) atoms. The zero-order chi connectivity index (χ0) is 14.4. The summed E-state index contributed by atoms with van der Waals surface area (Å²) in [6.07, 6.45) is 1.60. The zero-order valence-electron chi connectivity index (χ0n) is 11.3. The Kier molecular flexibility index (Phi) is 2.86. The second kappa shape index (κ2) is 4.74. The van der Waals surface area contributed by atoms with Crippen LogP contribution in [0.4, 0.5) is 0 Å². The number of Topliss-reactive ketones (excluding diaryl/α,β-unsaturated/α-hetero) is 1. The number of hydrogen-bond acceptors (Lipinski definition) is 2. The molecule has 0 saturated heterocycles. The maximum Gasteiger partial charge on any atom is 0.201 e. The third kappa shape index (κ3) is 2.16. The SMILES string of the molecule is O=C(c1cc2cc(Cl)ccc2o1)C1Cc2ccccc2C1. The molecule has 0 N–H and O–H groups in total. The van der Waals surface area contributed by atoms with Crippen molar-refractivity contribution in [2.75, 3.05) is 0 Å². The lowest BCUT2D eigenvalue weighted by Gasteiger charge is -2.04. The van der Waals surface area contributed by atoms with E-state index in [0.29, 0.717) is 16.4 Å². The van der Waals surface area contributed by atoms with Gasteiger partial charge in [0, 0.05) is 16.3 Å². The molecular formula is C18H13ClO2. The molecule has 2 aromatic carbocycles. The number of rotatable bonds is 2. The summed E-state index contributed by atoms with van der Waals surface area (Å²) in [5, 5.41) is 1.52. The summed E-state index contributed by atoms with van der Waals surface area (Å²) in [5.74, 6) is 0.502. The van der Waals surface area contributed by atoms with Crippen molar-refractivity contribution in [3.63, 3.8) is 0 Å². The zero-order valence-corrected chi connectivity index (χ0v) is 12.1. The lowest BCUT2D eigenvalue weighted by Crippen LogP contribution is -2.14. The first-order valence-corrected chi connectivity index (χ1v) is 7.38. The van der Waals surface area contributed by atoms with Crippen LogP contribution in [0.2, 0.25) is 5.02 Å². The molecule has 0 atom stereocenters.